The van der Waals surface area contributed by atoms with Crippen molar-refractivity contribution in [2.24, 2.45) is 5.92 Å². The average Bonchev–Trinajstić information content (AvgIpc) is 2.88. The maximum Gasteiger partial charge on any atom is 0.340 e. The number of aryl methyl sites for hydroxylation is 2. The van der Waals surface area contributed by atoms with Gasteiger partial charge in [0, 0.05) is 24.6 Å². The smallest absolute Gasteiger partial charge is 0.340 e. The zero-order valence-corrected chi connectivity index (χ0v) is 21.3. The average molecular weight is 489 g/mol. The van der Waals surface area contributed by atoms with Crippen LogP contribution in [0.15, 0.2) is 51.7 Å². The van der Waals surface area contributed by atoms with E-state index in [1.807, 2.05) is 56.3 Å². The molecule has 0 spiro atoms. The van der Waals surface area contributed by atoms with Crippen LogP contribution in [0.3, 0.4) is 0 Å². The van der Waals surface area contributed by atoms with Crippen LogP contribution in [0.2, 0.25) is 0 Å². The summed E-state index contributed by atoms with van der Waals surface area (Å²) in [5, 5.41) is 3.88. The molecule has 0 saturated carbocycles. The monoisotopic (exact) mass is 488 g/mol. The highest BCUT2D eigenvalue weighted by Crippen LogP contribution is 2.32. The zero-order chi connectivity index (χ0) is 25.1. The van der Waals surface area contributed by atoms with Gasteiger partial charge >= 0.3 is 5.63 Å². The molecule has 2 unspecified atom stereocenters. The van der Waals surface area contributed by atoms with Crippen molar-refractivity contribution >= 4 is 16.9 Å². The van der Waals surface area contributed by atoms with Crippen molar-refractivity contribution in [3.8, 4) is 5.75 Å². The van der Waals surface area contributed by atoms with Gasteiger partial charge in [-0.3, -0.25) is 4.79 Å². The highest BCUT2D eigenvalue weighted by atomic mass is 16.5. The van der Waals surface area contributed by atoms with Gasteiger partial charge in [-0.1, -0.05) is 36.8 Å². The minimum atomic E-state index is -0.331. The molecule has 0 aliphatic carbocycles. The summed E-state index contributed by atoms with van der Waals surface area (Å²) >= 11 is 0. The summed E-state index contributed by atoms with van der Waals surface area (Å²) in [5.41, 5.74) is 3.56. The molecule has 1 N–H and O–H groups in total. The molecule has 2 aliphatic heterocycles. The molecular formula is C30H36N2O4. The first kappa shape index (κ1) is 24.6. The van der Waals surface area contributed by atoms with Gasteiger partial charge in [-0.2, -0.15) is 0 Å². The number of rotatable bonds is 7. The summed E-state index contributed by atoms with van der Waals surface area (Å²) in [7, 11) is 0. The van der Waals surface area contributed by atoms with Crippen LogP contribution in [-0.4, -0.2) is 43.1 Å². The van der Waals surface area contributed by atoms with Crippen LogP contribution >= 0.6 is 0 Å². The normalized spacial score (nSPS) is 20.2. The highest BCUT2D eigenvalue weighted by molar-refractivity contribution is 5.89. The third-order valence-corrected chi connectivity index (χ3v) is 7.86. The van der Waals surface area contributed by atoms with Crippen molar-refractivity contribution in [3.63, 3.8) is 0 Å². The summed E-state index contributed by atoms with van der Waals surface area (Å²) in [6.45, 7) is 6.89. The van der Waals surface area contributed by atoms with Crippen molar-refractivity contribution in [1.29, 1.82) is 0 Å². The maximum atomic E-state index is 12.8. The first-order valence-corrected chi connectivity index (χ1v) is 13.2. The maximum absolute atomic E-state index is 12.8. The lowest BCUT2D eigenvalue weighted by atomic mass is 9.83. The Kier molecular flexibility index (Phi) is 7.42. The molecule has 2 saturated heterocycles. The fourth-order valence-corrected chi connectivity index (χ4v) is 6.01. The first-order chi connectivity index (χ1) is 17.5. The molecule has 2 fully saturated rings. The molecule has 36 heavy (non-hydrogen) atoms. The molecule has 1 amide bonds. The Balaban J connectivity index is 1.30. The minimum Gasteiger partial charge on any atom is -0.483 e. The van der Waals surface area contributed by atoms with Gasteiger partial charge in [0.1, 0.15) is 11.3 Å². The van der Waals surface area contributed by atoms with Gasteiger partial charge < -0.3 is 19.4 Å². The van der Waals surface area contributed by atoms with Gasteiger partial charge in [0.2, 0.25) is 0 Å². The van der Waals surface area contributed by atoms with Crippen LogP contribution in [0.4, 0.5) is 0 Å². The standard InChI is InChI=1S/C30H36N2O4/c1-20-15-26(35-19-28(33)31-18-23-11-8-14-32-13-7-6-12-25(23)32)29-21(2)24(30(34)36-27(29)16-20)17-22-9-4-3-5-10-22/h3-5,9-10,15-16,23,25H,6-8,11-14,17-19H2,1-2H3,(H,31,33). The lowest BCUT2D eigenvalue weighted by Crippen LogP contribution is -2.51. The third-order valence-electron chi connectivity index (χ3n) is 7.86. The summed E-state index contributed by atoms with van der Waals surface area (Å²) in [6.07, 6.45) is 6.68. The molecule has 3 heterocycles. The van der Waals surface area contributed by atoms with Crippen molar-refractivity contribution in [2.45, 2.75) is 58.4 Å². The molecule has 2 aliphatic rings. The Morgan fingerprint density at radius 3 is 2.72 bits per heavy atom. The molecule has 6 nitrogen and oxygen atoms in total. The third kappa shape index (κ3) is 5.34. The van der Waals surface area contributed by atoms with Crippen LogP contribution in [0.25, 0.3) is 11.0 Å². The fraction of sp³-hybridized carbons (Fsp3) is 0.467. The number of carbonyl (C=O) groups excluding carboxylic acids is 1. The van der Waals surface area contributed by atoms with E-state index in [9.17, 15) is 9.59 Å². The lowest BCUT2D eigenvalue weighted by Gasteiger charge is -2.44. The van der Waals surface area contributed by atoms with E-state index in [1.54, 1.807) is 0 Å². The molecule has 3 aromatic rings. The summed E-state index contributed by atoms with van der Waals surface area (Å²) < 4.78 is 11.8. The van der Waals surface area contributed by atoms with E-state index in [0.717, 1.165) is 22.1 Å². The summed E-state index contributed by atoms with van der Waals surface area (Å²) in [4.78, 5) is 28.2. The van der Waals surface area contributed by atoms with E-state index < -0.39 is 0 Å². The SMILES string of the molecule is Cc1cc(OCC(=O)NCC2CCCN3CCCCC23)c2c(C)c(Cc3ccccc3)c(=O)oc2c1. The van der Waals surface area contributed by atoms with Gasteiger partial charge in [-0.05, 0) is 87.4 Å². The second-order valence-corrected chi connectivity index (χ2v) is 10.4. The number of nitrogens with one attached hydrogen (secondary N) is 1. The number of carbonyl (C=O) groups is 1. The van der Waals surface area contributed by atoms with Crippen LogP contribution in [-0.2, 0) is 11.2 Å². The van der Waals surface area contributed by atoms with Crippen LogP contribution in [0.5, 0.6) is 5.75 Å². The fourth-order valence-electron chi connectivity index (χ4n) is 6.01. The zero-order valence-electron chi connectivity index (χ0n) is 21.3. The molecule has 0 bridgehead atoms. The number of nitrogens with zero attached hydrogens (tertiary/aromatic N) is 1. The van der Waals surface area contributed by atoms with E-state index in [0.29, 0.717) is 41.8 Å². The highest BCUT2D eigenvalue weighted by Gasteiger charge is 2.33. The molecule has 2 atom stereocenters. The number of ether oxygens (including phenoxy) is 1. The molecular weight excluding hydrogens is 452 g/mol. The Bertz CT molecular complexity index is 1280. The van der Waals surface area contributed by atoms with E-state index in [4.69, 9.17) is 9.15 Å². The predicted molar refractivity (Wildman–Crippen MR) is 142 cm³/mol. The number of benzene rings is 2. The van der Waals surface area contributed by atoms with Crippen molar-refractivity contribution in [1.82, 2.24) is 10.2 Å². The second-order valence-electron chi connectivity index (χ2n) is 10.4. The lowest BCUT2D eigenvalue weighted by molar-refractivity contribution is -0.123. The Labute approximate surface area is 212 Å². The number of hydrogen-bond acceptors (Lipinski definition) is 5. The summed E-state index contributed by atoms with van der Waals surface area (Å²) in [6, 6.07) is 14.2. The van der Waals surface area contributed by atoms with E-state index in [-0.39, 0.29) is 18.1 Å². The van der Waals surface area contributed by atoms with Gasteiger partial charge in [-0.15, -0.1) is 0 Å². The second kappa shape index (κ2) is 10.9. The topological polar surface area (TPSA) is 71.8 Å². The van der Waals surface area contributed by atoms with Crippen molar-refractivity contribution in [2.75, 3.05) is 26.2 Å². The van der Waals surface area contributed by atoms with Gasteiger partial charge in [-0.25, -0.2) is 4.79 Å². The van der Waals surface area contributed by atoms with Gasteiger partial charge in [0.25, 0.3) is 5.91 Å². The Morgan fingerprint density at radius 2 is 1.89 bits per heavy atom. The number of amides is 1. The van der Waals surface area contributed by atoms with Crippen molar-refractivity contribution in [3.05, 3.63) is 75.1 Å². The van der Waals surface area contributed by atoms with E-state index >= 15 is 0 Å². The molecule has 2 aromatic carbocycles. The Hall–Kier alpha value is -3.12. The molecule has 1 aromatic heterocycles. The summed E-state index contributed by atoms with van der Waals surface area (Å²) in [5.74, 6) is 0.976. The molecule has 6 heteroatoms. The van der Waals surface area contributed by atoms with Crippen LogP contribution in [0, 0.1) is 19.8 Å². The number of piperidine rings is 2. The quantitative estimate of drug-likeness (QED) is 0.486. The first-order valence-electron chi connectivity index (χ1n) is 13.2. The largest absolute Gasteiger partial charge is 0.483 e. The van der Waals surface area contributed by atoms with E-state index in [2.05, 4.69) is 10.2 Å². The molecule has 0 radical (unpaired) electrons. The number of hydrogen-bond donors (Lipinski definition) is 1. The minimum absolute atomic E-state index is 0.0633. The van der Waals surface area contributed by atoms with Crippen LogP contribution < -0.4 is 15.7 Å². The molecule has 5 rings (SSSR count). The number of fused-ring (bicyclic) bond motifs is 2. The van der Waals surface area contributed by atoms with E-state index in [1.165, 1.54) is 45.2 Å². The Morgan fingerprint density at radius 1 is 1.08 bits per heavy atom. The van der Waals surface area contributed by atoms with Crippen LogP contribution in [0.1, 0.15) is 54.4 Å². The molecule has 190 valence electrons. The van der Waals surface area contributed by atoms with Gasteiger partial charge in [0.05, 0.1) is 5.39 Å². The predicted octanol–water partition coefficient (Wildman–Crippen LogP) is 4.76. The van der Waals surface area contributed by atoms with Crippen molar-refractivity contribution < 1.29 is 13.9 Å². The van der Waals surface area contributed by atoms with Gasteiger partial charge in [0.15, 0.2) is 6.61 Å².